The van der Waals surface area contributed by atoms with Crippen LogP contribution in [0.2, 0.25) is 0 Å². The van der Waals surface area contributed by atoms with Crippen molar-refractivity contribution in [3.05, 3.63) is 41.1 Å². The van der Waals surface area contributed by atoms with Crippen molar-refractivity contribution in [3.8, 4) is 5.75 Å². The number of nitrogens with one attached hydrogen (secondary N) is 1. The molecule has 1 fully saturated rings. The molecule has 1 aromatic carbocycles. The van der Waals surface area contributed by atoms with Gasteiger partial charge in [-0.15, -0.1) is 13.2 Å². The first kappa shape index (κ1) is 18.8. The first-order valence-electron chi connectivity index (χ1n) is 9.55. The first-order valence-corrected chi connectivity index (χ1v) is 9.55. The van der Waals surface area contributed by atoms with Gasteiger partial charge in [-0.2, -0.15) is 4.98 Å². The van der Waals surface area contributed by atoms with Crippen LogP contribution in [-0.2, 0) is 13.0 Å². The molecule has 0 spiro atoms. The van der Waals surface area contributed by atoms with Crippen LogP contribution in [0.3, 0.4) is 0 Å². The number of fused-ring (bicyclic) bond motifs is 1. The van der Waals surface area contributed by atoms with Crippen molar-refractivity contribution in [1.82, 2.24) is 9.97 Å². The van der Waals surface area contributed by atoms with Gasteiger partial charge in [-0.1, -0.05) is 19.9 Å². The topological polar surface area (TPSA) is 50.3 Å². The molecule has 150 valence electrons. The number of alkyl halides is 3. The number of rotatable bonds is 5. The number of benzene rings is 1. The van der Waals surface area contributed by atoms with Gasteiger partial charge in [0.2, 0.25) is 5.95 Å². The number of hydrogen-bond donors (Lipinski definition) is 1. The van der Waals surface area contributed by atoms with Crippen LogP contribution in [-0.4, -0.2) is 28.9 Å². The largest absolute Gasteiger partial charge is 0.573 e. The third-order valence-electron chi connectivity index (χ3n) is 4.98. The lowest BCUT2D eigenvalue weighted by atomic mass is 9.99. The normalized spacial score (nSPS) is 16.9. The van der Waals surface area contributed by atoms with E-state index in [2.05, 4.69) is 38.8 Å². The summed E-state index contributed by atoms with van der Waals surface area (Å²) in [7, 11) is 0. The summed E-state index contributed by atoms with van der Waals surface area (Å²) in [5.41, 5.74) is 2.82. The molecule has 1 saturated carbocycles. The minimum absolute atomic E-state index is 0.185. The van der Waals surface area contributed by atoms with Crippen LogP contribution < -0.4 is 15.0 Å². The predicted octanol–water partition coefficient (Wildman–Crippen LogP) is 4.64. The second-order valence-electron chi connectivity index (χ2n) is 7.70. The molecule has 0 amide bonds. The molecule has 8 heteroatoms. The van der Waals surface area contributed by atoms with Gasteiger partial charge in [0.25, 0.3) is 0 Å². The zero-order chi connectivity index (χ0) is 19.9. The molecule has 0 radical (unpaired) electrons. The van der Waals surface area contributed by atoms with Gasteiger partial charge < -0.3 is 15.0 Å². The summed E-state index contributed by atoms with van der Waals surface area (Å²) in [6.07, 6.45) is -1.69. The highest BCUT2D eigenvalue weighted by molar-refractivity contribution is 5.50. The lowest BCUT2D eigenvalue weighted by Crippen LogP contribution is -2.31. The molecule has 1 aliphatic heterocycles. The highest BCUT2D eigenvalue weighted by atomic mass is 19.4. The van der Waals surface area contributed by atoms with E-state index in [0.29, 0.717) is 18.5 Å². The quantitative estimate of drug-likeness (QED) is 0.804. The Hall–Kier alpha value is -2.51. The SMILES string of the molecule is CC(C)c1cc(N2CCc3ccc(OC(F)(F)F)cc3C2)nc(NC2CC2)n1. The minimum Gasteiger partial charge on any atom is -0.406 e. The molecule has 5 nitrogen and oxygen atoms in total. The first-order chi connectivity index (χ1) is 13.3. The van der Waals surface area contributed by atoms with E-state index in [1.807, 2.05) is 6.07 Å². The van der Waals surface area contributed by atoms with E-state index in [0.717, 1.165) is 48.4 Å². The number of aromatic nitrogens is 2. The maximum absolute atomic E-state index is 12.5. The van der Waals surface area contributed by atoms with Crippen molar-refractivity contribution >= 4 is 11.8 Å². The molecule has 1 aliphatic carbocycles. The van der Waals surface area contributed by atoms with E-state index >= 15 is 0 Å². The maximum Gasteiger partial charge on any atom is 0.573 e. The third-order valence-corrected chi connectivity index (χ3v) is 4.98. The number of hydrogen-bond acceptors (Lipinski definition) is 5. The van der Waals surface area contributed by atoms with Crippen molar-refractivity contribution in [1.29, 1.82) is 0 Å². The monoisotopic (exact) mass is 392 g/mol. The van der Waals surface area contributed by atoms with E-state index in [9.17, 15) is 13.2 Å². The van der Waals surface area contributed by atoms with Crippen molar-refractivity contribution in [2.45, 2.75) is 58.0 Å². The Morgan fingerprint density at radius 1 is 1.14 bits per heavy atom. The van der Waals surface area contributed by atoms with Crippen LogP contribution in [0.4, 0.5) is 24.9 Å². The van der Waals surface area contributed by atoms with Gasteiger partial charge in [-0.3, -0.25) is 0 Å². The van der Waals surface area contributed by atoms with Gasteiger partial charge in [-0.25, -0.2) is 4.98 Å². The van der Waals surface area contributed by atoms with E-state index in [-0.39, 0.29) is 11.7 Å². The second-order valence-corrected chi connectivity index (χ2v) is 7.70. The molecule has 4 rings (SSSR count). The van der Waals surface area contributed by atoms with Crippen molar-refractivity contribution in [2.24, 2.45) is 0 Å². The molecular weight excluding hydrogens is 369 g/mol. The molecule has 1 N–H and O–H groups in total. The summed E-state index contributed by atoms with van der Waals surface area (Å²) in [5, 5.41) is 3.35. The van der Waals surface area contributed by atoms with E-state index in [4.69, 9.17) is 0 Å². The van der Waals surface area contributed by atoms with Crippen LogP contribution in [0, 0.1) is 0 Å². The molecule has 1 aromatic heterocycles. The molecule has 0 atom stereocenters. The predicted molar refractivity (Wildman–Crippen MR) is 101 cm³/mol. The Labute approximate surface area is 161 Å². The average Bonchev–Trinajstić information content (AvgIpc) is 3.43. The summed E-state index contributed by atoms with van der Waals surface area (Å²) in [6.45, 7) is 5.41. The Bertz CT molecular complexity index is 865. The van der Waals surface area contributed by atoms with Crippen LogP contribution in [0.1, 0.15) is 49.4 Å². The lowest BCUT2D eigenvalue weighted by Gasteiger charge is -2.30. The van der Waals surface area contributed by atoms with Gasteiger partial charge in [0, 0.05) is 25.2 Å². The number of ether oxygens (including phenoxy) is 1. The van der Waals surface area contributed by atoms with Crippen molar-refractivity contribution in [3.63, 3.8) is 0 Å². The van der Waals surface area contributed by atoms with Gasteiger partial charge in [-0.05, 0) is 48.4 Å². The Morgan fingerprint density at radius 3 is 2.61 bits per heavy atom. The molecule has 0 unspecified atom stereocenters. The smallest absolute Gasteiger partial charge is 0.406 e. The summed E-state index contributed by atoms with van der Waals surface area (Å²) >= 11 is 0. The maximum atomic E-state index is 12.5. The standard InChI is InChI=1S/C20H23F3N4O/c1-12(2)17-10-18(26-19(25-17)24-15-4-5-15)27-8-7-13-3-6-16(9-14(13)11-27)28-20(21,22)23/h3,6,9-10,12,15H,4-5,7-8,11H2,1-2H3,(H,24,25,26). The molecule has 0 bridgehead atoms. The van der Waals surface area contributed by atoms with Crippen LogP contribution in [0.25, 0.3) is 0 Å². The highest BCUT2D eigenvalue weighted by Crippen LogP contribution is 2.31. The van der Waals surface area contributed by atoms with Gasteiger partial charge in [0.15, 0.2) is 0 Å². The van der Waals surface area contributed by atoms with E-state index in [1.54, 1.807) is 6.07 Å². The van der Waals surface area contributed by atoms with Crippen LogP contribution >= 0.6 is 0 Å². The summed E-state index contributed by atoms with van der Waals surface area (Å²) in [5.74, 6) is 1.50. The molecule has 2 heterocycles. The van der Waals surface area contributed by atoms with Gasteiger partial charge in [0.05, 0.1) is 5.69 Å². The van der Waals surface area contributed by atoms with Crippen LogP contribution in [0.15, 0.2) is 24.3 Å². The number of anilines is 2. The zero-order valence-electron chi connectivity index (χ0n) is 15.9. The molecular formula is C20H23F3N4O. The molecule has 2 aliphatic rings. The average molecular weight is 392 g/mol. The van der Waals surface area contributed by atoms with Crippen molar-refractivity contribution < 1.29 is 17.9 Å². The minimum atomic E-state index is -4.69. The van der Waals surface area contributed by atoms with Gasteiger partial charge >= 0.3 is 6.36 Å². The highest BCUT2D eigenvalue weighted by Gasteiger charge is 2.31. The van der Waals surface area contributed by atoms with E-state index in [1.165, 1.54) is 12.1 Å². The fraction of sp³-hybridized carbons (Fsp3) is 0.500. The zero-order valence-corrected chi connectivity index (χ0v) is 15.9. The Balaban J connectivity index is 1.59. The number of nitrogens with zero attached hydrogens (tertiary/aromatic N) is 3. The Morgan fingerprint density at radius 2 is 1.93 bits per heavy atom. The summed E-state index contributed by atoms with van der Waals surface area (Å²) in [4.78, 5) is 11.4. The van der Waals surface area contributed by atoms with E-state index < -0.39 is 6.36 Å². The Kier molecular flexibility index (Phi) is 4.81. The van der Waals surface area contributed by atoms with Crippen LogP contribution in [0.5, 0.6) is 5.75 Å². The third kappa shape index (κ3) is 4.48. The lowest BCUT2D eigenvalue weighted by molar-refractivity contribution is -0.274. The molecule has 2 aromatic rings. The molecule has 28 heavy (non-hydrogen) atoms. The molecule has 0 saturated heterocycles. The second kappa shape index (κ2) is 7.14. The van der Waals surface area contributed by atoms with Gasteiger partial charge in [0.1, 0.15) is 11.6 Å². The summed E-state index contributed by atoms with van der Waals surface area (Å²) < 4.78 is 41.7. The van der Waals surface area contributed by atoms with Crippen molar-refractivity contribution in [2.75, 3.05) is 16.8 Å². The fourth-order valence-electron chi connectivity index (χ4n) is 3.31. The summed E-state index contributed by atoms with van der Waals surface area (Å²) in [6, 6.07) is 6.99. The number of halogens is 3. The fourth-order valence-corrected chi connectivity index (χ4v) is 3.31.